The number of phenols is 2. The molecule has 0 spiro atoms. The van der Waals surface area contributed by atoms with Gasteiger partial charge in [0.1, 0.15) is 11.5 Å². The maximum Gasteiger partial charge on any atom is 1.00 e. The Balaban J connectivity index is -0.000000308. The molecule has 0 aromatic heterocycles. The minimum absolute atomic E-state index is 0. The number of carbonyl (C=O) groups is 2. The summed E-state index contributed by atoms with van der Waals surface area (Å²) in [7, 11) is 0. The van der Waals surface area contributed by atoms with Gasteiger partial charge in [0.05, 0.1) is 0 Å². The molecule has 1 aliphatic carbocycles. The van der Waals surface area contributed by atoms with Crippen LogP contribution in [0.5, 0.6) is 11.5 Å². The van der Waals surface area contributed by atoms with E-state index in [1.54, 1.807) is 39.8 Å². The molecule has 3 radical (unpaired) electrons. The van der Waals surface area contributed by atoms with Crippen molar-refractivity contribution in [2.24, 2.45) is 0 Å². The van der Waals surface area contributed by atoms with Crippen molar-refractivity contribution >= 4 is 20.0 Å². The molecule has 1 aromatic carbocycles. The van der Waals surface area contributed by atoms with Crippen molar-refractivity contribution in [1.82, 2.24) is 0 Å². The van der Waals surface area contributed by atoms with E-state index in [9.17, 15) is 9.59 Å². The molecule has 0 amide bonds. The van der Waals surface area contributed by atoms with Crippen LogP contribution in [0.3, 0.4) is 0 Å². The second-order valence-corrected chi connectivity index (χ2v) is 4.81. The Labute approximate surface area is 156 Å². The largest absolute Gasteiger partial charge is 1.00 e. The molecule has 0 fully saturated rings. The van der Waals surface area contributed by atoms with Crippen LogP contribution < -0.4 is 29.6 Å². The van der Waals surface area contributed by atoms with Crippen molar-refractivity contribution < 1.29 is 50.8 Å². The summed E-state index contributed by atoms with van der Waals surface area (Å²) >= 11 is 0. The summed E-state index contributed by atoms with van der Waals surface area (Å²) in [5, 5.41) is 18.2. The molecule has 4 nitrogen and oxygen atoms in total. The summed E-state index contributed by atoms with van der Waals surface area (Å²) in [6.45, 7) is 6.77. The minimum atomic E-state index is -0.0582. The van der Waals surface area contributed by atoms with Crippen LogP contribution in [-0.2, 0) is 9.59 Å². The van der Waals surface area contributed by atoms with Crippen molar-refractivity contribution in [3.05, 3.63) is 46.6 Å². The Morgan fingerprint density at radius 3 is 1.32 bits per heavy atom. The first-order valence-electron chi connectivity index (χ1n) is 6.16. The average molecular weight is 309 g/mol. The topological polar surface area (TPSA) is 74.6 Å². The molecule has 2 N–H and O–H groups in total. The molecule has 1 aliphatic rings. The quantitative estimate of drug-likeness (QED) is 0.384. The van der Waals surface area contributed by atoms with Crippen LogP contribution in [0.25, 0.3) is 0 Å². The number of allylic oxidation sites excluding steroid dienone is 4. The van der Waals surface area contributed by atoms with E-state index < -0.39 is 0 Å². The number of benzene rings is 1. The summed E-state index contributed by atoms with van der Waals surface area (Å²) in [5.41, 5.74) is 2.44. The van der Waals surface area contributed by atoms with E-state index >= 15 is 0 Å². The maximum absolute atomic E-state index is 10.9. The number of hydrogen-bond acceptors (Lipinski definition) is 4. The average Bonchev–Trinajstić information content (AvgIpc) is 2.35. The predicted molar refractivity (Wildman–Crippen MR) is 83.6 cm³/mol. The third-order valence-corrected chi connectivity index (χ3v) is 2.99. The summed E-state index contributed by atoms with van der Waals surface area (Å²) in [6, 6.07) is 3.09. The number of hydrogen-bond donors (Lipinski definition) is 2. The van der Waals surface area contributed by atoms with Gasteiger partial charge in [-0.15, -0.1) is 0 Å². The number of carbonyl (C=O) groups excluding carboxylic acids is 2. The van der Waals surface area contributed by atoms with E-state index in [4.69, 9.17) is 10.2 Å². The van der Waals surface area contributed by atoms with Gasteiger partial charge >= 0.3 is 29.6 Å². The molecule has 22 heavy (non-hydrogen) atoms. The van der Waals surface area contributed by atoms with Crippen molar-refractivity contribution in [2.75, 3.05) is 0 Å². The zero-order valence-corrected chi connectivity index (χ0v) is 15.6. The molecule has 0 saturated carbocycles. The van der Waals surface area contributed by atoms with Gasteiger partial charge < -0.3 is 11.6 Å². The molecular formula is C16H19BNaO4. The molecular weight excluding hydrogens is 290 g/mol. The van der Waals surface area contributed by atoms with E-state index in [1.807, 2.05) is 0 Å². The number of aromatic hydroxyl groups is 2. The fourth-order valence-corrected chi connectivity index (χ4v) is 1.55. The van der Waals surface area contributed by atoms with Crippen molar-refractivity contribution in [1.29, 1.82) is 0 Å². The van der Waals surface area contributed by atoms with Crippen molar-refractivity contribution in [2.45, 2.75) is 27.7 Å². The molecule has 1 aromatic rings. The van der Waals surface area contributed by atoms with Crippen LogP contribution in [0.15, 0.2) is 35.4 Å². The van der Waals surface area contributed by atoms with Gasteiger partial charge in [0.2, 0.25) is 0 Å². The van der Waals surface area contributed by atoms with E-state index in [1.165, 1.54) is 12.2 Å². The molecule has 0 unspecified atom stereocenters. The second kappa shape index (κ2) is 9.67. The number of phenolic OH excluding ortho intramolecular Hbond substituents is 2. The van der Waals surface area contributed by atoms with Gasteiger partial charge in [0.25, 0.3) is 0 Å². The van der Waals surface area contributed by atoms with E-state index in [0.717, 1.165) is 0 Å². The third-order valence-electron chi connectivity index (χ3n) is 2.99. The van der Waals surface area contributed by atoms with Crippen LogP contribution in [0.1, 0.15) is 26.4 Å². The summed E-state index contributed by atoms with van der Waals surface area (Å²) < 4.78 is 0. The van der Waals surface area contributed by atoms with Crippen LogP contribution in [0, 0.1) is 13.8 Å². The van der Waals surface area contributed by atoms with Crippen LogP contribution in [0.2, 0.25) is 0 Å². The van der Waals surface area contributed by atoms with E-state index in [0.29, 0.717) is 22.3 Å². The molecule has 6 heteroatoms. The number of aryl methyl sites for hydroxylation is 2. The van der Waals surface area contributed by atoms with Gasteiger partial charge in [0.15, 0.2) is 11.6 Å². The van der Waals surface area contributed by atoms with E-state index in [-0.39, 0.29) is 62.5 Å². The maximum atomic E-state index is 10.9. The fraction of sp³-hybridized carbons (Fsp3) is 0.250. The van der Waals surface area contributed by atoms with Gasteiger partial charge in [-0.25, -0.2) is 0 Å². The summed E-state index contributed by atoms with van der Waals surface area (Å²) in [5.74, 6) is 0.347. The van der Waals surface area contributed by atoms with Gasteiger partial charge in [-0.3, -0.25) is 9.59 Å². The van der Waals surface area contributed by atoms with Gasteiger partial charge in [-0.05, 0) is 63.1 Å². The molecule has 0 atom stereocenters. The van der Waals surface area contributed by atoms with Crippen molar-refractivity contribution in [3.8, 4) is 11.5 Å². The Morgan fingerprint density at radius 1 is 0.773 bits per heavy atom. The molecule has 2 rings (SSSR count). The Bertz CT molecular complexity index is 561. The minimum Gasteiger partial charge on any atom is -1.00 e. The monoisotopic (exact) mass is 309 g/mol. The normalized spacial score (nSPS) is 12.9. The molecule has 0 aliphatic heterocycles. The SMILES string of the molecule is CC1=CC(=O)C(C)=CC1=O.Cc1cc(O)c(C)cc1O.[B].[H-].[Na+]. The second-order valence-electron chi connectivity index (χ2n) is 4.81. The first kappa shape index (κ1) is 23.0. The Kier molecular flexibility index (Phi) is 10.1. The standard InChI is InChI=1S/C8H10O2.C8H8O2.B.Na.H/c2*1-5-3-8(10)6(2)4-7(5)9;;;/h3-4,9-10H,1-2H3;3-4H,1-2H3;;;/q;;;+1;-1. The Morgan fingerprint density at radius 2 is 1.05 bits per heavy atom. The smallest absolute Gasteiger partial charge is 1.00 e. The van der Waals surface area contributed by atoms with Crippen molar-refractivity contribution in [3.63, 3.8) is 0 Å². The molecule has 0 heterocycles. The van der Waals surface area contributed by atoms with Crippen LogP contribution >= 0.6 is 0 Å². The molecule has 111 valence electrons. The zero-order valence-electron chi connectivity index (χ0n) is 14.6. The van der Waals surface area contributed by atoms with Gasteiger partial charge in [-0.2, -0.15) is 0 Å². The van der Waals surface area contributed by atoms with E-state index in [2.05, 4.69) is 0 Å². The number of ketones is 2. The fourth-order valence-electron chi connectivity index (χ4n) is 1.55. The first-order valence-corrected chi connectivity index (χ1v) is 6.16. The summed E-state index contributed by atoms with van der Waals surface area (Å²) in [4.78, 5) is 21.7. The molecule has 0 bridgehead atoms. The molecule has 0 saturated heterocycles. The summed E-state index contributed by atoms with van der Waals surface area (Å²) in [6.07, 6.45) is 2.75. The first-order chi connectivity index (χ1) is 9.22. The predicted octanol–water partition coefficient (Wildman–Crippen LogP) is -0.519. The van der Waals surface area contributed by atoms with Crippen LogP contribution in [-0.4, -0.2) is 30.2 Å². The van der Waals surface area contributed by atoms with Gasteiger partial charge in [-0.1, -0.05) is 0 Å². The number of rotatable bonds is 0. The van der Waals surface area contributed by atoms with Crippen LogP contribution in [0.4, 0.5) is 0 Å². The Hall–Kier alpha value is -1.30. The zero-order chi connectivity index (χ0) is 15.4. The van der Waals surface area contributed by atoms with Gasteiger partial charge in [0, 0.05) is 19.6 Å². The third kappa shape index (κ3) is 6.22.